The van der Waals surface area contributed by atoms with Crippen LogP contribution in [0.25, 0.3) is 0 Å². The van der Waals surface area contributed by atoms with Crippen molar-refractivity contribution < 1.29 is 0 Å². The van der Waals surface area contributed by atoms with E-state index < -0.39 is 0 Å². The molecule has 0 radical (unpaired) electrons. The van der Waals surface area contributed by atoms with E-state index in [9.17, 15) is 0 Å². The van der Waals surface area contributed by atoms with E-state index in [1.54, 1.807) is 11.3 Å². The summed E-state index contributed by atoms with van der Waals surface area (Å²) in [7, 11) is 0. The minimum Gasteiger partial charge on any atom is -0.334 e. The standard InChI is InChI=1S/C13H18N2S2/c1-10-2-5-13(6-3-10)9-17-12(15-13)14-11-4-7-16-8-11/h4,7-8,10H,2-3,5-6,9H2,1H3,(H,14,15). The van der Waals surface area contributed by atoms with Crippen molar-refractivity contribution in [3.63, 3.8) is 0 Å². The van der Waals surface area contributed by atoms with Crippen molar-refractivity contribution >= 4 is 34.0 Å². The van der Waals surface area contributed by atoms with Gasteiger partial charge in [0.15, 0.2) is 5.17 Å². The van der Waals surface area contributed by atoms with Crippen molar-refractivity contribution in [2.45, 2.75) is 38.1 Å². The lowest BCUT2D eigenvalue weighted by atomic mass is 9.79. The Labute approximate surface area is 111 Å². The largest absolute Gasteiger partial charge is 0.334 e. The summed E-state index contributed by atoms with van der Waals surface area (Å²) >= 11 is 3.61. The van der Waals surface area contributed by atoms with Gasteiger partial charge in [0.25, 0.3) is 0 Å². The zero-order valence-electron chi connectivity index (χ0n) is 10.1. The summed E-state index contributed by atoms with van der Waals surface area (Å²) in [6.45, 7) is 2.36. The van der Waals surface area contributed by atoms with Crippen molar-refractivity contribution in [1.82, 2.24) is 0 Å². The maximum Gasteiger partial charge on any atom is 0.161 e. The van der Waals surface area contributed by atoms with E-state index in [4.69, 9.17) is 4.99 Å². The smallest absolute Gasteiger partial charge is 0.161 e. The van der Waals surface area contributed by atoms with Gasteiger partial charge in [-0.15, -0.1) is 0 Å². The van der Waals surface area contributed by atoms with Crippen LogP contribution in [0.15, 0.2) is 21.8 Å². The van der Waals surface area contributed by atoms with Crippen LogP contribution in [0.5, 0.6) is 0 Å². The molecule has 3 rings (SSSR count). The molecule has 2 heterocycles. The molecule has 0 saturated heterocycles. The van der Waals surface area contributed by atoms with Gasteiger partial charge in [-0.25, -0.2) is 0 Å². The van der Waals surface area contributed by atoms with Gasteiger partial charge >= 0.3 is 0 Å². The second-order valence-electron chi connectivity index (χ2n) is 5.25. The average molecular weight is 266 g/mol. The number of nitrogens with zero attached hydrogens (tertiary/aromatic N) is 1. The van der Waals surface area contributed by atoms with Gasteiger partial charge in [-0.05, 0) is 43.0 Å². The van der Waals surface area contributed by atoms with Crippen molar-refractivity contribution in [1.29, 1.82) is 0 Å². The normalized spacial score (nSPS) is 32.8. The first-order chi connectivity index (χ1) is 8.26. The van der Waals surface area contributed by atoms with E-state index in [2.05, 4.69) is 29.1 Å². The minimum atomic E-state index is 0.259. The summed E-state index contributed by atoms with van der Waals surface area (Å²) in [5, 5.41) is 8.78. The van der Waals surface area contributed by atoms with Gasteiger partial charge in [0.05, 0.1) is 11.2 Å². The summed E-state index contributed by atoms with van der Waals surface area (Å²) in [6, 6.07) is 2.11. The molecule has 0 bridgehead atoms. The molecule has 0 amide bonds. The van der Waals surface area contributed by atoms with Gasteiger partial charge in [-0.2, -0.15) is 11.3 Å². The van der Waals surface area contributed by atoms with Crippen LogP contribution >= 0.6 is 23.1 Å². The Bertz CT molecular complexity index is 403. The van der Waals surface area contributed by atoms with Crippen LogP contribution in [0.4, 0.5) is 5.69 Å². The van der Waals surface area contributed by atoms with Gasteiger partial charge in [0.2, 0.25) is 0 Å². The van der Waals surface area contributed by atoms with Crippen LogP contribution in [0.1, 0.15) is 32.6 Å². The fourth-order valence-corrected chi connectivity index (χ4v) is 4.36. The highest BCUT2D eigenvalue weighted by Crippen LogP contribution is 2.41. The minimum absolute atomic E-state index is 0.259. The Morgan fingerprint density at radius 2 is 2.24 bits per heavy atom. The first-order valence-corrected chi connectivity index (χ1v) is 8.21. The highest BCUT2D eigenvalue weighted by molar-refractivity contribution is 8.14. The van der Waals surface area contributed by atoms with Crippen molar-refractivity contribution in [2.75, 3.05) is 11.1 Å². The third-order valence-corrected chi connectivity index (χ3v) is 5.63. The molecule has 0 atom stereocenters. The van der Waals surface area contributed by atoms with E-state index >= 15 is 0 Å². The summed E-state index contributed by atoms with van der Waals surface area (Å²) in [5.74, 6) is 2.07. The van der Waals surface area contributed by atoms with Crippen LogP contribution in [-0.4, -0.2) is 16.5 Å². The number of anilines is 1. The fourth-order valence-electron chi connectivity index (χ4n) is 2.56. The average Bonchev–Trinajstić information content (AvgIpc) is 2.95. The fraction of sp³-hybridized carbons (Fsp3) is 0.615. The van der Waals surface area contributed by atoms with Crippen LogP contribution in [0, 0.1) is 5.92 Å². The second kappa shape index (κ2) is 4.65. The number of thiophene rings is 1. The highest BCUT2D eigenvalue weighted by Gasteiger charge is 2.38. The van der Waals surface area contributed by atoms with Gasteiger partial charge in [-0.1, -0.05) is 18.7 Å². The first kappa shape index (κ1) is 11.6. The molecule has 4 heteroatoms. The molecule has 1 fully saturated rings. The SMILES string of the molecule is CC1CCC2(CC1)CSC(Nc1ccsc1)=N2. The number of amidine groups is 1. The summed E-state index contributed by atoms with van der Waals surface area (Å²) in [5.41, 5.74) is 1.44. The molecule has 2 aliphatic rings. The molecular formula is C13H18N2S2. The molecule has 1 spiro atoms. The molecule has 1 aliphatic heterocycles. The lowest BCUT2D eigenvalue weighted by molar-refractivity contribution is 0.273. The third-order valence-electron chi connectivity index (χ3n) is 3.79. The highest BCUT2D eigenvalue weighted by atomic mass is 32.2. The summed E-state index contributed by atoms with van der Waals surface area (Å²) in [6.07, 6.45) is 5.23. The molecule has 0 aromatic carbocycles. The molecular weight excluding hydrogens is 248 g/mol. The number of hydrogen-bond donors (Lipinski definition) is 1. The zero-order valence-corrected chi connectivity index (χ0v) is 11.7. The van der Waals surface area contributed by atoms with Gasteiger partial charge in [0, 0.05) is 11.1 Å². The van der Waals surface area contributed by atoms with E-state index in [1.165, 1.54) is 37.1 Å². The maximum atomic E-state index is 4.96. The van der Waals surface area contributed by atoms with Gasteiger partial charge in [-0.3, -0.25) is 4.99 Å². The lowest BCUT2D eigenvalue weighted by Crippen LogP contribution is -2.32. The summed E-state index contributed by atoms with van der Waals surface area (Å²) in [4.78, 5) is 4.96. The number of nitrogens with one attached hydrogen (secondary N) is 1. The molecule has 1 aliphatic carbocycles. The van der Waals surface area contributed by atoms with Gasteiger partial charge in [0.1, 0.15) is 0 Å². The van der Waals surface area contributed by atoms with Crippen molar-refractivity contribution in [2.24, 2.45) is 10.9 Å². The number of rotatable bonds is 1. The molecule has 0 unspecified atom stereocenters. The first-order valence-electron chi connectivity index (χ1n) is 6.28. The number of aliphatic imine (C=N–C) groups is 1. The van der Waals surface area contributed by atoms with E-state index in [0.29, 0.717) is 0 Å². The van der Waals surface area contributed by atoms with Crippen LogP contribution in [0.3, 0.4) is 0 Å². The second-order valence-corrected chi connectivity index (χ2v) is 6.99. The van der Waals surface area contributed by atoms with Crippen LogP contribution in [-0.2, 0) is 0 Å². The Hall–Kier alpha value is -0.480. The topological polar surface area (TPSA) is 24.4 Å². The van der Waals surface area contributed by atoms with E-state index in [-0.39, 0.29) is 5.54 Å². The predicted octanol–water partition coefficient (Wildman–Crippen LogP) is 4.21. The molecule has 1 saturated carbocycles. The molecule has 92 valence electrons. The maximum absolute atomic E-state index is 4.96. The Morgan fingerprint density at radius 1 is 1.41 bits per heavy atom. The van der Waals surface area contributed by atoms with E-state index in [1.807, 2.05) is 11.8 Å². The van der Waals surface area contributed by atoms with Crippen molar-refractivity contribution in [3.8, 4) is 0 Å². The molecule has 1 aromatic rings. The monoisotopic (exact) mass is 266 g/mol. The van der Waals surface area contributed by atoms with E-state index in [0.717, 1.165) is 11.1 Å². The number of thioether (sulfide) groups is 1. The predicted molar refractivity (Wildman–Crippen MR) is 78.2 cm³/mol. The molecule has 17 heavy (non-hydrogen) atoms. The quantitative estimate of drug-likeness (QED) is 0.823. The third kappa shape index (κ3) is 2.52. The van der Waals surface area contributed by atoms with Gasteiger partial charge < -0.3 is 5.32 Å². The lowest BCUT2D eigenvalue weighted by Gasteiger charge is -2.32. The molecule has 1 aromatic heterocycles. The Balaban J connectivity index is 1.68. The zero-order chi connectivity index (χ0) is 11.7. The molecule has 2 nitrogen and oxygen atoms in total. The van der Waals surface area contributed by atoms with Crippen molar-refractivity contribution in [3.05, 3.63) is 16.8 Å². The Morgan fingerprint density at radius 3 is 2.94 bits per heavy atom. The summed E-state index contributed by atoms with van der Waals surface area (Å²) < 4.78 is 0. The number of hydrogen-bond acceptors (Lipinski definition) is 4. The molecule has 1 N–H and O–H groups in total. The van der Waals surface area contributed by atoms with Crippen LogP contribution in [0.2, 0.25) is 0 Å². The Kier molecular flexibility index (Phi) is 3.17. The van der Waals surface area contributed by atoms with Crippen LogP contribution < -0.4 is 5.32 Å².